The van der Waals surface area contributed by atoms with E-state index < -0.39 is 0 Å². The predicted molar refractivity (Wildman–Crippen MR) is 79.1 cm³/mol. The number of amides is 1. The molecule has 0 aliphatic carbocycles. The Morgan fingerprint density at radius 3 is 2.86 bits per heavy atom. The zero-order valence-corrected chi connectivity index (χ0v) is 12.2. The molecule has 0 spiro atoms. The monoisotopic (exact) mass is 284 g/mol. The summed E-state index contributed by atoms with van der Waals surface area (Å²) in [6, 6.07) is 3.84. The Hall–Kier alpha value is -2.63. The summed E-state index contributed by atoms with van der Waals surface area (Å²) >= 11 is 0. The number of hydrogen-bond acceptors (Lipinski definition) is 4. The molecular formula is C15H16N4O2. The van der Waals surface area contributed by atoms with Gasteiger partial charge in [0, 0.05) is 10.9 Å². The van der Waals surface area contributed by atoms with Gasteiger partial charge in [0.25, 0.3) is 0 Å². The van der Waals surface area contributed by atoms with Crippen LogP contribution in [0, 0.1) is 20.8 Å². The molecule has 1 amide bonds. The lowest BCUT2D eigenvalue weighted by Gasteiger charge is -2.07. The fourth-order valence-electron chi connectivity index (χ4n) is 2.39. The Morgan fingerprint density at radius 1 is 1.33 bits per heavy atom. The SMILES string of the molecule is Cc1noc(C)c1CC(=O)Nc1ccc(C)c2cn[nH]c12. The summed E-state index contributed by atoms with van der Waals surface area (Å²) in [7, 11) is 0. The maximum atomic E-state index is 12.2. The van der Waals surface area contributed by atoms with Gasteiger partial charge in [-0.15, -0.1) is 0 Å². The number of fused-ring (bicyclic) bond motifs is 1. The molecule has 1 aromatic carbocycles. The van der Waals surface area contributed by atoms with Crippen molar-refractivity contribution < 1.29 is 9.32 Å². The van der Waals surface area contributed by atoms with Crippen LogP contribution in [0.4, 0.5) is 5.69 Å². The maximum Gasteiger partial charge on any atom is 0.229 e. The van der Waals surface area contributed by atoms with Crippen molar-refractivity contribution in [3.8, 4) is 0 Å². The summed E-state index contributed by atoms with van der Waals surface area (Å²) in [4.78, 5) is 12.2. The first-order valence-corrected chi connectivity index (χ1v) is 6.70. The highest BCUT2D eigenvalue weighted by atomic mass is 16.5. The van der Waals surface area contributed by atoms with E-state index in [-0.39, 0.29) is 12.3 Å². The Balaban J connectivity index is 1.84. The maximum absolute atomic E-state index is 12.2. The van der Waals surface area contributed by atoms with Crippen molar-refractivity contribution in [2.75, 3.05) is 5.32 Å². The van der Waals surface area contributed by atoms with E-state index in [1.54, 1.807) is 6.20 Å². The van der Waals surface area contributed by atoms with E-state index in [9.17, 15) is 4.79 Å². The van der Waals surface area contributed by atoms with Gasteiger partial charge < -0.3 is 9.84 Å². The lowest BCUT2D eigenvalue weighted by Crippen LogP contribution is -2.15. The van der Waals surface area contributed by atoms with Gasteiger partial charge in [0.15, 0.2) is 0 Å². The van der Waals surface area contributed by atoms with Crippen molar-refractivity contribution >= 4 is 22.5 Å². The van der Waals surface area contributed by atoms with Crippen LogP contribution < -0.4 is 5.32 Å². The normalized spacial score (nSPS) is 11.0. The molecule has 3 rings (SSSR count). The molecule has 0 aliphatic heterocycles. The lowest BCUT2D eigenvalue weighted by molar-refractivity contribution is -0.115. The largest absolute Gasteiger partial charge is 0.361 e. The molecule has 0 saturated carbocycles. The molecule has 21 heavy (non-hydrogen) atoms. The van der Waals surface area contributed by atoms with E-state index in [2.05, 4.69) is 20.7 Å². The Labute approximate surface area is 121 Å². The van der Waals surface area contributed by atoms with Crippen LogP contribution in [0.1, 0.15) is 22.6 Å². The van der Waals surface area contributed by atoms with Crippen molar-refractivity contribution in [3.05, 3.63) is 40.9 Å². The minimum absolute atomic E-state index is 0.107. The van der Waals surface area contributed by atoms with Crippen LogP contribution in [0.3, 0.4) is 0 Å². The van der Waals surface area contributed by atoms with Crippen LogP contribution in [-0.2, 0) is 11.2 Å². The van der Waals surface area contributed by atoms with Crippen molar-refractivity contribution in [2.24, 2.45) is 0 Å². The number of aromatic amines is 1. The van der Waals surface area contributed by atoms with Gasteiger partial charge in [-0.25, -0.2) is 0 Å². The number of nitrogens with one attached hydrogen (secondary N) is 2. The number of carbonyl (C=O) groups excluding carboxylic acids is 1. The van der Waals surface area contributed by atoms with E-state index in [1.165, 1.54) is 0 Å². The van der Waals surface area contributed by atoms with Crippen molar-refractivity contribution in [3.63, 3.8) is 0 Å². The smallest absolute Gasteiger partial charge is 0.229 e. The number of carbonyl (C=O) groups is 1. The average molecular weight is 284 g/mol. The van der Waals surface area contributed by atoms with Crippen LogP contribution in [-0.4, -0.2) is 21.3 Å². The number of anilines is 1. The van der Waals surface area contributed by atoms with Crippen molar-refractivity contribution in [2.45, 2.75) is 27.2 Å². The van der Waals surface area contributed by atoms with Crippen molar-refractivity contribution in [1.82, 2.24) is 15.4 Å². The van der Waals surface area contributed by atoms with E-state index in [4.69, 9.17) is 4.52 Å². The second-order valence-electron chi connectivity index (χ2n) is 5.12. The molecule has 0 atom stereocenters. The molecule has 0 radical (unpaired) electrons. The molecule has 0 saturated heterocycles. The van der Waals surface area contributed by atoms with Crippen LogP contribution in [0.15, 0.2) is 22.9 Å². The molecular weight excluding hydrogens is 268 g/mol. The van der Waals surface area contributed by atoms with E-state index in [1.807, 2.05) is 32.9 Å². The molecule has 6 heteroatoms. The Kier molecular flexibility index (Phi) is 3.21. The second-order valence-corrected chi connectivity index (χ2v) is 5.12. The summed E-state index contributed by atoms with van der Waals surface area (Å²) in [5, 5.41) is 14.7. The van der Waals surface area contributed by atoms with Crippen LogP contribution in [0.2, 0.25) is 0 Å². The van der Waals surface area contributed by atoms with Gasteiger partial charge in [-0.1, -0.05) is 11.2 Å². The van der Waals surface area contributed by atoms with Crippen LogP contribution in [0.25, 0.3) is 10.9 Å². The third-order valence-corrected chi connectivity index (χ3v) is 3.63. The topological polar surface area (TPSA) is 83.8 Å². The minimum atomic E-state index is -0.107. The molecule has 2 heterocycles. The summed E-state index contributed by atoms with van der Waals surface area (Å²) in [6.45, 7) is 5.65. The number of H-pyrrole nitrogens is 1. The van der Waals surface area contributed by atoms with Gasteiger partial charge in [0.2, 0.25) is 5.91 Å². The highest BCUT2D eigenvalue weighted by molar-refractivity contribution is 6.01. The number of aryl methyl sites for hydroxylation is 3. The average Bonchev–Trinajstić information content (AvgIpc) is 3.05. The van der Waals surface area contributed by atoms with Crippen molar-refractivity contribution in [1.29, 1.82) is 0 Å². The zero-order valence-electron chi connectivity index (χ0n) is 12.2. The third kappa shape index (κ3) is 2.40. The van der Waals surface area contributed by atoms with Gasteiger partial charge >= 0.3 is 0 Å². The van der Waals surface area contributed by atoms with Gasteiger partial charge in [-0.3, -0.25) is 9.89 Å². The highest BCUT2D eigenvalue weighted by Gasteiger charge is 2.15. The molecule has 0 bridgehead atoms. The second kappa shape index (κ2) is 5.05. The fourth-order valence-corrected chi connectivity index (χ4v) is 2.39. The molecule has 0 unspecified atom stereocenters. The molecule has 0 aliphatic rings. The van der Waals surface area contributed by atoms with E-state index in [0.29, 0.717) is 5.76 Å². The zero-order chi connectivity index (χ0) is 15.0. The molecule has 108 valence electrons. The quantitative estimate of drug-likeness (QED) is 0.774. The first-order valence-electron chi connectivity index (χ1n) is 6.70. The Bertz CT molecular complexity index is 797. The predicted octanol–water partition coefficient (Wildman–Crippen LogP) is 2.66. The number of aromatic nitrogens is 3. The Morgan fingerprint density at radius 2 is 2.14 bits per heavy atom. The summed E-state index contributed by atoms with van der Waals surface area (Å²) in [5.41, 5.74) is 4.26. The first-order chi connectivity index (χ1) is 10.1. The number of hydrogen-bond donors (Lipinski definition) is 2. The minimum Gasteiger partial charge on any atom is -0.361 e. The summed E-state index contributed by atoms with van der Waals surface area (Å²) in [6.07, 6.45) is 2.00. The van der Waals surface area contributed by atoms with Gasteiger partial charge in [-0.05, 0) is 32.4 Å². The summed E-state index contributed by atoms with van der Waals surface area (Å²) in [5.74, 6) is 0.572. The first kappa shape index (κ1) is 13.4. The molecule has 2 aromatic heterocycles. The lowest BCUT2D eigenvalue weighted by atomic mass is 10.1. The number of nitrogens with zero attached hydrogens (tertiary/aromatic N) is 2. The van der Waals surface area contributed by atoms with Crippen LogP contribution in [0.5, 0.6) is 0 Å². The third-order valence-electron chi connectivity index (χ3n) is 3.63. The number of benzene rings is 1. The van der Waals surface area contributed by atoms with Gasteiger partial charge in [0.05, 0.1) is 29.5 Å². The standard InChI is InChI=1S/C15H16N4O2/c1-8-4-5-13(15-12(8)7-16-18-15)17-14(20)6-11-9(2)19-21-10(11)3/h4-5,7H,6H2,1-3H3,(H,16,18)(H,17,20). The molecule has 6 nitrogen and oxygen atoms in total. The van der Waals surface area contributed by atoms with Gasteiger partial charge in [0.1, 0.15) is 5.76 Å². The molecule has 3 aromatic rings. The fraction of sp³-hybridized carbons (Fsp3) is 0.267. The molecule has 0 fully saturated rings. The van der Waals surface area contributed by atoms with Crippen LogP contribution >= 0.6 is 0 Å². The summed E-state index contributed by atoms with van der Waals surface area (Å²) < 4.78 is 5.07. The number of rotatable bonds is 3. The van der Waals surface area contributed by atoms with E-state index >= 15 is 0 Å². The highest BCUT2D eigenvalue weighted by Crippen LogP contribution is 2.24. The van der Waals surface area contributed by atoms with E-state index in [0.717, 1.165) is 33.4 Å². The van der Waals surface area contributed by atoms with Gasteiger partial charge in [-0.2, -0.15) is 5.10 Å². The molecule has 2 N–H and O–H groups in total.